The molecule has 0 aliphatic heterocycles. The molecular formula is C14H21NS. The third-order valence-electron chi connectivity index (χ3n) is 4.21. The maximum absolute atomic E-state index is 3.67. The fraction of sp³-hybridized carbons (Fsp3) is 0.714. The Morgan fingerprint density at radius 1 is 1.44 bits per heavy atom. The molecule has 1 nitrogen and oxygen atoms in total. The molecule has 2 aliphatic rings. The Morgan fingerprint density at radius 2 is 2.25 bits per heavy atom. The van der Waals surface area contributed by atoms with Crippen molar-refractivity contribution in [2.24, 2.45) is 5.92 Å². The largest absolute Gasteiger partial charge is 0.314 e. The Kier molecular flexibility index (Phi) is 2.60. The summed E-state index contributed by atoms with van der Waals surface area (Å²) < 4.78 is 0. The summed E-state index contributed by atoms with van der Waals surface area (Å²) in [7, 11) is 0. The van der Waals surface area contributed by atoms with E-state index in [4.69, 9.17) is 0 Å². The van der Waals surface area contributed by atoms with Crippen molar-refractivity contribution < 1.29 is 0 Å². The van der Waals surface area contributed by atoms with Crippen molar-refractivity contribution in [3.8, 4) is 0 Å². The molecule has 16 heavy (non-hydrogen) atoms. The summed E-state index contributed by atoms with van der Waals surface area (Å²) in [6.45, 7) is 5.93. The van der Waals surface area contributed by atoms with Crippen LogP contribution < -0.4 is 5.32 Å². The van der Waals surface area contributed by atoms with Crippen LogP contribution in [-0.4, -0.2) is 12.6 Å². The number of rotatable bonds is 5. The summed E-state index contributed by atoms with van der Waals surface area (Å²) in [5.74, 6) is 0.886. The van der Waals surface area contributed by atoms with Crippen LogP contribution in [0.3, 0.4) is 0 Å². The van der Waals surface area contributed by atoms with E-state index in [1.54, 1.807) is 4.88 Å². The molecule has 1 N–H and O–H groups in total. The van der Waals surface area contributed by atoms with E-state index in [0.717, 1.165) is 12.0 Å². The van der Waals surface area contributed by atoms with E-state index in [0.29, 0.717) is 5.41 Å². The first-order valence-electron chi connectivity index (χ1n) is 6.55. The Bertz CT molecular complexity index is 380. The van der Waals surface area contributed by atoms with Gasteiger partial charge < -0.3 is 5.32 Å². The standard InChI is InChI=1S/C14H21NS/c1-3-12-6-7-13(16-12)14(2)8-10(14)9-15-11-4-5-11/h6-7,10-11,15H,3-5,8-9H2,1-2H3. The third kappa shape index (κ3) is 1.93. The van der Waals surface area contributed by atoms with Crippen LogP contribution in [0.2, 0.25) is 0 Å². The summed E-state index contributed by atoms with van der Waals surface area (Å²) in [5, 5.41) is 3.67. The third-order valence-corrected chi connectivity index (χ3v) is 5.72. The van der Waals surface area contributed by atoms with Crippen molar-refractivity contribution in [2.45, 2.75) is 51.0 Å². The summed E-state index contributed by atoms with van der Waals surface area (Å²) in [5.41, 5.74) is 0.500. The highest BCUT2D eigenvalue weighted by molar-refractivity contribution is 7.12. The van der Waals surface area contributed by atoms with Gasteiger partial charge in [-0.2, -0.15) is 0 Å². The molecule has 1 aromatic rings. The van der Waals surface area contributed by atoms with Gasteiger partial charge in [-0.15, -0.1) is 11.3 Å². The number of hydrogen-bond donors (Lipinski definition) is 1. The van der Waals surface area contributed by atoms with Crippen LogP contribution in [0.15, 0.2) is 12.1 Å². The van der Waals surface area contributed by atoms with Crippen LogP contribution in [0, 0.1) is 5.92 Å². The second-order valence-electron chi connectivity index (χ2n) is 5.62. The van der Waals surface area contributed by atoms with Gasteiger partial charge in [-0.3, -0.25) is 0 Å². The highest BCUT2D eigenvalue weighted by atomic mass is 32.1. The molecule has 3 rings (SSSR count). The van der Waals surface area contributed by atoms with Crippen LogP contribution in [0.25, 0.3) is 0 Å². The van der Waals surface area contributed by atoms with Crippen molar-refractivity contribution in [3.05, 3.63) is 21.9 Å². The molecule has 2 fully saturated rings. The molecular weight excluding hydrogens is 214 g/mol. The zero-order valence-electron chi connectivity index (χ0n) is 10.3. The number of aryl methyl sites for hydroxylation is 1. The van der Waals surface area contributed by atoms with E-state index in [9.17, 15) is 0 Å². The van der Waals surface area contributed by atoms with Gasteiger partial charge in [0.2, 0.25) is 0 Å². The maximum atomic E-state index is 3.67. The monoisotopic (exact) mass is 235 g/mol. The summed E-state index contributed by atoms with van der Waals surface area (Å²) in [4.78, 5) is 3.16. The van der Waals surface area contributed by atoms with Gasteiger partial charge in [-0.25, -0.2) is 0 Å². The minimum atomic E-state index is 0.500. The van der Waals surface area contributed by atoms with Gasteiger partial charge in [0.05, 0.1) is 0 Å². The second-order valence-corrected chi connectivity index (χ2v) is 6.79. The molecule has 0 spiro atoms. The number of hydrogen-bond acceptors (Lipinski definition) is 2. The summed E-state index contributed by atoms with van der Waals surface area (Å²) in [6.07, 6.45) is 5.38. The molecule has 0 aromatic carbocycles. The first-order chi connectivity index (χ1) is 7.72. The Labute approximate surface area is 102 Å². The lowest BCUT2D eigenvalue weighted by molar-refractivity contribution is 0.580. The minimum absolute atomic E-state index is 0.500. The molecule has 0 amide bonds. The highest BCUT2D eigenvalue weighted by Gasteiger charge is 2.51. The lowest BCUT2D eigenvalue weighted by Crippen LogP contribution is -2.21. The van der Waals surface area contributed by atoms with Crippen molar-refractivity contribution in [2.75, 3.05) is 6.54 Å². The van der Waals surface area contributed by atoms with Gasteiger partial charge in [0, 0.05) is 21.2 Å². The molecule has 2 saturated carbocycles. The number of thiophene rings is 1. The van der Waals surface area contributed by atoms with Crippen molar-refractivity contribution >= 4 is 11.3 Å². The molecule has 2 atom stereocenters. The van der Waals surface area contributed by atoms with E-state index in [1.165, 1.54) is 37.1 Å². The van der Waals surface area contributed by atoms with Gasteiger partial charge in [-0.1, -0.05) is 13.8 Å². The normalized spacial score (nSPS) is 33.0. The summed E-state index contributed by atoms with van der Waals surface area (Å²) in [6, 6.07) is 5.54. The van der Waals surface area contributed by atoms with Crippen molar-refractivity contribution in [1.29, 1.82) is 0 Å². The van der Waals surface area contributed by atoms with E-state index in [2.05, 4.69) is 31.3 Å². The molecule has 2 unspecified atom stereocenters. The zero-order valence-corrected chi connectivity index (χ0v) is 11.1. The molecule has 88 valence electrons. The minimum Gasteiger partial charge on any atom is -0.314 e. The van der Waals surface area contributed by atoms with Crippen LogP contribution in [0.4, 0.5) is 0 Å². The highest BCUT2D eigenvalue weighted by Crippen LogP contribution is 2.55. The molecule has 1 heterocycles. The Morgan fingerprint density at radius 3 is 2.88 bits per heavy atom. The van der Waals surface area contributed by atoms with Gasteiger partial charge in [0.1, 0.15) is 0 Å². The molecule has 1 aromatic heterocycles. The smallest absolute Gasteiger partial charge is 0.0111 e. The predicted octanol–water partition coefficient (Wildman–Crippen LogP) is 3.34. The first kappa shape index (κ1) is 10.8. The number of nitrogens with one attached hydrogen (secondary N) is 1. The quantitative estimate of drug-likeness (QED) is 0.825. The zero-order chi connectivity index (χ0) is 11.2. The van der Waals surface area contributed by atoms with E-state index >= 15 is 0 Å². The Balaban J connectivity index is 1.61. The fourth-order valence-corrected chi connectivity index (χ4v) is 3.71. The van der Waals surface area contributed by atoms with Crippen LogP contribution in [-0.2, 0) is 11.8 Å². The first-order valence-corrected chi connectivity index (χ1v) is 7.36. The molecule has 0 bridgehead atoms. The van der Waals surface area contributed by atoms with Crippen molar-refractivity contribution in [1.82, 2.24) is 5.32 Å². The second kappa shape index (κ2) is 3.85. The van der Waals surface area contributed by atoms with Crippen molar-refractivity contribution in [3.63, 3.8) is 0 Å². The lowest BCUT2D eigenvalue weighted by Gasteiger charge is -2.09. The predicted molar refractivity (Wildman–Crippen MR) is 70.2 cm³/mol. The average molecular weight is 235 g/mol. The van der Waals surface area contributed by atoms with Crippen LogP contribution >= 0.6 is 11.3 Å². The fourth-order valence-electron chi connectivity index (χ4n) is 2.52. The molecule has 2 heteroatoms. The van der Waals surface area contributed by atoms with E-state index in [-0.39, 0.29) is 0 Å². The van der Waals surface area contributed by atoms with E-state index < -0.39 is 0 Å². The topological polar surface area (TPSA) is 12.0 Å². The Hall–Kier alpha value is -0.340. The van der Waals surface area contributed by atoms with Crippen LogP contribution in [0.1, 0.15) is 42.9 Å². The van der Waals surface area contributed by atoms with Gasteiger partial charge in [0.25, 0.3) is 0 Å². The molecule has 0 saturated heterocycles. The molecule has 0 radical (unpaired) electrons. The van der Waals surface area contributed by atoms with Gasteiger partial charge in [-0.05, 0) is 50.3 Å². The average Bonchev–Trinajstić information content (AvgIpc) is 3.16. The lowest BCUT2D eigenvalue weighted by atomic mass is 10.0. The maximum Gasteiger partial charge on any atom is 0.0111 e. The van der Waals surface area contributed by atoms with Gasteiger partial charge in [0.15, 0.2) is 0 Å². The van der Waals surface area contributed by atoms with E-state index in [1.807, 2.05) is 11.3 Å². The summed E-state index contributed by atoms with van der Waals surface area (Å²) >= 11 is 2.03. The van der Waals surface area contributed by atoms with Gasteiger partial charge >= 0.3 is 0 Å². The van der Waals surface area contributed by atoms with Crippen LogP contribution in [0.5, 0.6) is 0 Å². The SMILES string of the molecule is CCc1ccc(C2(C)CC2CNC2CC2)s1. The molecule has 2 aliphatic carbocycles.